The summed E-state index contributed by atoms with van der Waals surface area (Å²) in [5.41, 5.74) is -0.112. The summed E-state index contributed by atoms with van der Waals surface area (Å²) in [5, 5.41) is -6.57. The Labute approximate surface area is 180 Å². The highest BCUT2D eigenvalue weighted by molar-refractivity contribution is 7.86. The van der Waals surface area contributed by atoms with E-state index in [2.05, 4.69) is 11.7 Å². The third-order valence-electron chi connectivity index (χ3n) is 6.09. The quantitative estimate of drug-likeness (QED) is 0.221. The zero-order valence-electron chi connectivity index (χ0n) is 17.2. The molecule has 3 unspecified atom stereocenters. The smallest absolute Gasteiger partial charge is 0.381 e. The summed E-state index contributed by atoms with van der Waals surface area (Å²) in [6.45, 7) is 1.95. The van der Waals surface area contributed by atoms with Crippen molar-refractivity contribution >= 4 is 10.1 Å². The molecular formula is C18H26F8O5S. The first-order valence-electron chi connectivity index (χ1n) is 10.1. The topological polar surface area (TPSA) is 72.8 Å². The molecule has 2 aliphatic carbocycles. The van der Waals surface area contributed by atoms with Crippen molar-refractivity contribution in [2.45, 2.75) is 81.7 Å². The molecule has 2 fully saturated rings. The lowest BCUT2D eigenvalue weighted by atomic mass is 9.59. The van der Waals surface area contributed by atoms with E-state index in [1.807, 2.05) is 0 Å². The van der Waals surface area contributed by atoms with Crippen molar-refractivity contribution in [1.82, 2.24) is 0 Å². The van der Waals surface area contributed by atoms with E-state index >= 15 is 0 Å². The van der Waals surface area contributed by atoms with Crippen molar-refractivity contribution in [3.8, 4) is 0 Å². The Kier molecular flexibility index (Phi) is 7.86. The molecule has 0 aromatic rings. The Hall–Kier alpha value is -0.730. The van der Waals surface area contributed by atoms with Crippen molar-refractivity contribution in [1.29, 1.82) is 0 Å². The van der Waals surface area contributed by atoms with E-state index in [4.69, 9.17) is 9.29 Å². The highest BCUT2D eigenvalue weighted by atomic mass is 32.2. The molecule has 0 spiro atoms. The lowest BCUT2D eigenvalue weighted by molar-refractivity contribution is -0.456. The normalized spacial score (nSPS) is 28.1. The zero-order valence-corrected chi connectivity index (χ0v) is 18.1. The maximum atomic E-state index is 13.7. The number of rotatable bonds is 11. The van der Waals surface area contributed by atoms with Crippen molar-refractivity contribution < 1.29 is 57.6 Å². The Balaban J connectivity index is 1.89. The lowest BCUT2D eigenvalue weighted by Gasteiger charge is -2.47. The molecule has 3 atom stereocenters. The predicted molar refractivity (Wildman–Crippen MR) is 95.3 cm³/mol. The van der Waals surface area contributed by atoms with Gasteiger partial charge in [0.1, 0.15) is 0 Å². The molecule has 5 nitrogen and oxygen atoms in total. The van der Waals surface area contributed by atoms with E-state index in [9.17, 15) is 43.5 Å². The molecular weight excluding hydrogens is 480 g/mol. The molecule has 2 bridgehead atoms. The summed E-state index contributed by atoms with van der Waals surface area (Å²) in [7, 11) is -6.93. The Morgan fingerprint density at radius 3 is 2.25 bits per heavy atom. The second-order valence-corrected chi connectivity index (χ2v) is 10.5. The van der Waals surface area contributed by atoms with Gasteiger partial charge in [-0.3, -0.25) is 4.55 Å². The fourth-order valence-electron chi connectivity index (χ4n) is 4.83. The first kappa shape index (κ1) is 27.5. The fourth-order valence-corrected chi connectivity index (χ4v) is 5.17. The summed E-state index contributed by atoms with van der Waals surface area (Å²) in [6.07, 6.45) is -9.33. The highest BCUT2D eigenvalue weighted by Crippen LogP contribution is 2.51. The van der Waals surface area contributed by atoms with Gasteiger partial charge in [0.25, 0.3) is 0 Å². The van der Waals surface area contributed by atoms with Gasteiger partial charge >= 0.3 is 33.5 Å². The molecule has 0 radical (unpaired) electrons. The number of alkyl halides is 8. The van der Waals surface area contributed by atoms with Crippen molar-refractivity contribution in [3.63, 3.8) is 0 Å². The Bertz CT molecular complexity index is 756. The van der Waals surface area contributed by atoms with Crippen LogP contribution in [0.5, 0.6) is 0 Å². The fraction of sp³-hybridized carbons (Fsp3) is 1.00. The largest absolute Gasteiger partial charge is 0.460 e. The molecule has 0 aromatic heterocycles. The van der Waals surface area contributed by atoms with Gasteiger partial charge in [-0.05, 0) is 49.4 Å². The van der Waals surface area contributed by atoms with Gasteiger partial charge in [0.15, 0.2) is 0 Å². The minimum Gasteiger partial charge on any atom is -0.381 e. The maximum absolute atomic E-state index is 13.7. The zero-order chi connectivity index (χ0) is 24.6. The van der Waals surface area contributed by atoms with Crippen LogP contribution in [0, 0.1) is 17.3 Å². The standard InChI is InChI=1S/C18H26F8O5S/c1-12-8-13-4-2-5-14(9-12,10-13)11-30-7-3-6-15(19,20)16(21,22)31-17(23,24)18(25,26)32(27,28)29/h12-13H,2-11H2,1H3,(H,27,28,29). The predicted octanol–water partition coefficient (Wildman–Crippen LogP) is 5.71. The molecule has 2 rings (SSSR count). The van der Waals surface area contributed by atoms with Gasteiger partial charge in [-0.25, -0.2) is 4.74 Å². The lowest BCUT2D eigenvalue weighted by Crippen LogP contribution is -2.55. The minimum absolute atomic E-state index is 0.112. The van der Waals surface area contributed by atoms with Gasteiger partial charge in [-0.1, -0.05) is 19.8 Å². The van der Waals surface area contributed by atoms with Crippen molar-refractivity contribution in [2.24, 2.45) is 17.3 Å². The van der Waals surface area contributed by atoms with E-state index < -0.39 is 53.0 Å². The van der Waals surface area contributed by atoms with Crippen LogP contribution >= 0.6 is 0 Å². The molecule has 0 aromatic carbocycles. The minimum atomic E-state index is -6.93. The second-order valence-electron chi connectivity index (χ2n) is 9.00. The first-order chi connectivity index (χ1) is 14.3. The summed E-state index contributed by atoms with van der Waals surface area (Å²) < 4.78 is 143. The van der Waals surface area contributed by atoms with Crippen LogP contribution in [-0.4, -0.2) is 49.6 Å². The van der Waals surface area contributed by atoms with E-state index in [0.717, 1.165) is 38.5 Å². The van der Waals surface area contributed by atoms with Gasteiger partial charge in [-0.15, -0.1) is 0 Å². The van der Waals surface area contributed by atoms with Crippen LogP contribution in [0.4, 0.5) is 35.1 Å². The molecule has 1 N–H and O–H groups in total. The molecule has 0 saturated heterocycles. The third kappa shape index (κ3) is 5.84. The number of hydrogen-bond donors (Lipinski definition) is 1. The van der Waals surface area contributed by atoms with Crippen LogP contribution < -0.4 is 0 Å². The SMILES string of the molecule is CC1CC2CCCC(COCCCC(F)(F)C(F)(F)OC(F)(F)C(F)(F)S(=O)(=O)O)(C1)C2. The first-order valence-corrected chi connectivity index (χ1v) is 11.5. The van der Waals surface area contributed by atoms with Gasteiger partial charge < -0.3 is 4.74 Å². The molecule has 14 heteroatoms. The van der Waals surface area contributed by atoms with Gasteiger partial charge in [-0.2, -0.15) is 43.5 Å². The molecule has 0 aliphatic heterocycles. The van der Waals surface area contributed by atoms with Crippen LogP contribution in [0.2, 0.25) is 0 Å². The second kappa shape index (κ2) is 9.14. The van der Waals surface area contributed by atoms with Crippen LogP contribution in [-0.2, 0) is 19.6 Å². The van der Waals surface area contributed by atoms with Crippen LogP contribution in [0.3, 0.4) is 0 Å². The monoisotopic (exact) mass is 506 g/mol. The van der Waals surface area contributed by atoms with Gasteiger partial charge in [0.2, 0.25) is 0 Å². The number of fused-ring (bicyclic) bond motifs is 2. The van der Waals surface area contributed by atoms with Gasteiger partial charge in [0, 0.05) is 13.0 Å². The van der Waals surface area contributed by atoms with E-state index in [-0.39, 0.29) is 12.0 Å². The van der Waals surface area contributed by atoms with Crippen molar-refractivity contribution in [3.05, 3.63) is 0 Å². The number of halogens is 8. The van der Waals surface area contributed by atoms with Crippen LogP contribution in [0.1, 0.15) is 58.3 Å². The van der Waals surface area contributed by atoms with Crippen LogP contribution in [0.15, 0.2) is 0 Å². The van der Waals surface area contributed by atoms with E-state index in [1.54, 1.807) is 0 Å². The summed E-state index contributed by atoms with van der Waals surface area (Å²) in [5.74, 6) is -4.32. The molecule has 2 saturated carbocycles. The average Bonchev–Trinajstić information content (AvgIpc) is 2.58. The molecule has 0 heterocycles. The summed E-state index contributed by atoms with van der Waals surface area (Å²) in [4.78, 5) is 0. The Morgan fingerprint density at radius 1 is 1.03 bits per heavy atom. The molecule has 32 heavy (non-hydrogen) atoms. The van der Waals surface area contributed by atoms with E-state index in [1.165, 1.54) is 0 Å². The molecule has 2 aliphatic rings. The number of ether oxygens (including phenoxy) is 2. The third-order valence-corrected chi connectivity index (χ3v) is 6.98. The summed E-state index contributed by atoms with van der Waals surface area (Å²) in [6, 6.07) is 0. The van der Waals surface area contributed by atoms with E-state index in [0.29, 0.717) is 11.8 Å². The average molecular weight is 506 g/mol. The molecule has 190 valence electrons. The highest BCUT2D eigenvalue weighted by Gasteiger charge is 2.73. The Morgan fingerprint density at radius 2 is 1.66 bits per heavy atom. The van der Waals surface area contributed by atoms with Crippen LogP contribution in [0.25, 0.3) is 0 Å². The number of hydrogen-bond acceptors (Lipinski definition) is 4. The molecule has 0 amide bonds. The summed E-state index contributed by atoms with van der Waals surface area (Å²) >= 11 is 0. The maximum Gasteiger partial charge on any atom is 0.460 e. The van der Waals surface area contributed by atoms with Gasteiger partial charge in [0.05, 0.1) is 6.61 Å². The van der Waals surface area contributed by atoms with Crippen molar-refractivity contribution in [2.75, 3.05) is 13.2 Å².